The van der Waals surface area contributed by atoms with E-state index in [2.05, 4.69) is 20.3 Å². The van der Waals surface area contributed by atoms with Crippen LogP contribution >= 0.6 is 0 Å². The van der Waals surface area contributed by atoms with Crippen molar-refractivity contribution in [2.24, 2.45) is 0 Å². The Morgan fingerprint density at radius 3 is 2.36 bits per heavy atom. The van der Waals surface area contributed by atoms with Crippen LogP contribution in [0.3, 0.4) is 0 Å². The van der Waals surface area contributed by atoms with Crippen molar-refractivity contribution < 1.29 is 14.2 Å². The predicted molar refractivity (Wildman–Crippen MR) is 106 cm³/mol. The second-order valence-electron chi connectivity index (χ2n) is 5.89. The number of pyridine rings is 1. The summed E-state index contributed by atoms with van der Waals surface area (Å²) in [6.45, 7) is 0. The Hall–Kier alpha value is -3.81. The maximum atomic E-state index is 5.39. The molecule has 28 heavy (non-hydrogen) atoms. The van der Waals surface area contributed by atoms with E-state index in [1.165, 1.54) is 0 Å². The molecule has 0 aliphatic heterocycles. The Kier molecular flexibility index (Phi) is 4.67. The molecule has 0 radical (unpaired) electrons. The van der Waals surface area contributed by atoms with Crippen LogP contribution < -0.4 is 19.5 Å². The summed E-state index contributed by atoms with van der Waals surface area (Å²) in [7, 11) is 4.71. The molecule has 4 aromatic rings. The van der Waals surface area contributed by atoms with Crippen molar-refractivity contribution in [1.29, 1.82) is 0 Å². The van der Waals surface area contributed by atoms with Crippen molar-refractivity contribution in [3.63, 3.8) is 0 Å². The maximum absolute atomic E-state index is 5.39. The van der Waals surface area contributed by atoms with Crippen LogP contribution in [0.15, 0.2) is 55.0 Å². The molecule has 0 unspecified atom stereocenters. The molecule has 0 aliphatic rings. The lowest BCUT2D eigenvalue weighted by Gasteiger charge is -2.14. The minimum atomic E-state index is 0.442. The van der Waals surface area contributed by atoms with Gasteiger partial charge in [0, 0.05) is 41.8 Å². The number of methoxy groups -OCH3 is 3. The zero-order chi connectivity index (χ0) is 19.5. The molecule has 1 aromatic carbocycles. The summed E-state index contributed by atoms with van der Waals surface area (Å²) < 4.78 is 18.1. The van der Waals surface area contributed by atoms with Crippen LogP contribution in [0, 0.1) is 0 Å². The smallest absolute Gasteiger partial charge is 0.229 e. The van der Waals surface area contributed by atoms with E-state index >= 15 is 0 Å². The van der Waals surface area contributed by atoms with Crippen LogP contribution in [0.5, 0.6) is 17.2 Å². The van der Waals surface area contributed by atoms with Gasteiger partial charge in [0.05, 0.1) is 21.3 Å². The SMILES string of the molecule is COc1cc(Nc2ncc3ccn(-c4ccccn4)c3n2)cc(OC)c1OC. The van der Waals surface area contributed by atoms with Gasteiger partial charge in [0.2, 0.25) is 11.7 Å². The molecule has 0 fully saturated rings. The first-order valence-corrected chi connectivity index (χ1v) is 8.56. The van der Waals surface area contributed by atoms with Crippen LogP contribution in [0.25, 0.3) is 16.9 Å². The van der Waals surface area contributed by atoms with E-state index in [0.29, 0.717) is 28.9 Å². The van der Waals surface area contributed by atoms with Gasteiger partial charge < -0.3 is 19.5 Å². The van der Waals surface area contributed by atoms with Crippen molar-refractivity contribution in [2.75, 3.05) is 26.6 Å². The molecule has 8 heteroatoms. The normalized spacial score (nSPS) is 10.7. The number of anilines is 2. The van der Waals surface area contributed by atoms with Gasteiger partial charge in [-0.3, -0.25) is 4.57 Å². The molecule has 142 valence electrons. The number of hydrogen-bond acceptors (Lipinski definition) is 7. The average Bonchev–Trinajstić information content (AvgIpc) is 3.16. The molecule has 8 nitrogen and oxygen atoms in total. The average molecular weight is 377 g/mol. The van der Waals surface area contributed by atoms with Gasteiger partial charge in [0.25, 0.3) is 0 Å². The molecule has 3 aromatic heterocycles. The fourth-order valence-corrected chi connectivity index (χ4v) is 2.94. The monoisotopic (exact) mass is 377 g/mol. The van der Waals surface area contributed by atoms with E-state index in [1.807, 2.05) is 35.0 Å². The van der Waals surface area contributed by atoms with Gasteiger partial charge in [-0.2, -0.15) is 4.98 Å². The van der Waals surface area contributed by atoms with Crippen molar-refractivity contribution in [1.82, 2.24) is 19.5 Å². The van der Waals surface area contributed by atoms with Gasteiger partial charge in [0.15, 0.2) is 17.1 Å². The molecule has 0 atom stereocenters. The highest BCUT2D eigenvalue weighted by molar-refractivity contribution is 5.78. The number of nitrogens with one attached hydrogen (secondary N) is 1. The Morgan fingerprint density at radius 2 is 1.71 bits per heavy atom. The molecular weight excluding hydrogens is 358 g/mol. The van der Waals surface area contributed by atoms with Gasteiger partial charge in [0.1, 0.15) is 5.82 Å². The van der Waals surface area contributed by atoms with E-state index in [9.17, 15) is 0 Å². The van der Waals surface area contributed by atoms with E-state index in [0.717, 1.165) is 16.9 Å². The van der Waals surface area contributed by atoms with Crippen LogP contribution in [0.1, 0.15) is 0 Å². The standard InChI is InChI=1S/C20H19N5O3/c1-26-15-10-14(11-16(27-2)18(15)28-3)23-20-22-12-13-7-9-25(19(13)24-20)17-6-4-5-8-21-17/h4-12H,1-3H3,(H,22,23,24). The highest BCUT2D eigenvalue weighted by Gasteiger charge is 2.14. The molecule has 0 spiro atoms. The molecule has 1 N–H and O–H groups in total. The summed E-state index contributed by atoms with van der Waals surface area (Å²) in [6.07, 6.45) is 5.43. The van der Waals surface area contributed by atoms with E-state index in [1.54, 1.807) is 45.9 Å². The van der Waals surface area contributed by atoms with E-state index in [-0.39, 0.29) is 0 Å². The Labute approximate surface area is 161 Å². The summed E-state index contributed by atoms with van der Waals surface area (Å²) in [4.78, 5) is 13.4. The highest BCUT2D eigenvalue weighted by Crippen LogP contribution is 2.40. The summed E-state index contributed by atoms with van der Waals surface area (Å²) >= 11 is 0. The Balaban J connectivity index is 1.73. The lowest BCUT2D eigenvalue weighted by molar-refractivity contribution is 0.324. The number of benzene rings is 1. The zero-order valence-electron chi connectivity index (χ0n) is 15.7. The van der Waals surface area contributed by atoms with Gasteiger partial charge in [-0.15, -0.1) is 0 Å². The fraction of sp³-hybridized carbons (Fsp3) is 0.150. The van der Waals surface area contributed by atoms with Crippen LogP contribution in [0.4, 0.5) is 11.6 Å². The van der Waals surface area contributed by atoms with E-state index in [4.69, 9.17) is 14.2 Å². The summed E-state index contributed by atoms with van der Waals surface area (Å²) in [6, 6.07) is 11.3. The van der Waals surface area contributed by atoms with Crippen LogP contribution in [-0.4, -0.2) is 40.8 Å². The molecule has 0 saturated carbocycles. The third-order valence-electron chi connectivity index (χ3n) is 4.24. The van der Waals surface area contributed by atoms with Gasteiger partial charge in [-0.25, -0.2) is 9.97 Å². The molecule has 3 heterocycles. The fourth-order valence-electron chi connectivity index (χ4n) is 2.94. The highest BCUT2D eigenvalue weighted by atomic mass is 16.5. The van der Waals surface area contributed by atoms with Gasteiger partial charge in [-0.05, 0) is 18.2 Å². The van der Waals surface area contributed by atoms with E-state index < -0.39 is 0 Å². The number of ether oxygens (including phenoxy) is 3. The third kappa shape index (κ3) is 3.16. The molecular formula is C20H19N5O3. The van der Waals surface area contributed by atoms with Crippen molar-refractivity contribution in [3.8, 4) is 23.1 Å². The third-order valence-corrected chi connectivity index (χ3v) is 4.24. The van der Waals surface area contributed by atoms with Crippen LogP contribution in [-0.2, 0) is 0 Å². The zero-order valence-corrected chi connectivity index (χ0v) is 15.7. The predicted octanol–water partition coefficient (Wildman–Crippen LogP) is 3.58. The lowest BCUT2D eigenvalue weighted by atomic mass is 10.2. The summed E-state index contributed by atoms with van der Waals surface area (Å²) in [5.74, 6) is 2.84. The summed E-state index contributed by atoms with van der Waals surface area (Å²) in [5.41, 5.74) is 1.47. The minimum absolute atomic E-state index is 0.442. The van der Waals surface area contributed by atoms with Gasteiger partial charge >= 0.3 is 0 Å². The number of nitrogens with zero attached hydrogens (tertiary/aromatic N) is 4. The quantitative estimate of drug-likeness (QED) is 0.550. The summed E-state index contributed by atoms with van der Waals surface area (Å²) in [5, 5.41) is 4.11. The number of rotatable bonds is 6. The van der Waals surface area contributed by atoms with Crippen molar-refractivity contribution in [2.45, 2.75) is 0 Å². The second kappa shape index (κ2) is 7.43. The van der Waals surface area contributed by atoms with Gasteiger partial charge in [-0.1, -0.05) is 6.07 Å². The first-order valence-electron chi connectivity index (χ1n) is 8.56. The second-order valence-corrected chi connectivity index (χ2v) is 5.89. The van der Waals surface area contributed by atoms with Crippen molar-refractivity contribution >= 4 is 22.7 Å². The van der Waals surface area contributed by atoms with Crippen molar-refractivity contribution in [3.05, 3.63) is 55.0 Å². The minimum Gasteiger partial charge on any atom is -0.493 e. The maximum Gasteiger partial charge on any atom is 0.229 e. The Bertz CT molecular complexity index is 1090. The first kappa shape index (κ1) is 17.6. The van der Waals surface area contributed by atoms with Crippen LogP contribution in [0.2, 0.25) is 0 Å². The Morgan fingerprint density at radius 1 is 0.929 bits per heavy atom. The topological polar surface area (TPSA) is 83.3 Å². The number of fused-ring (bicyclic) bond motifs is 1. The first-order chi connectivity index (χ1) is 13.7. The molecule has 0 amide bonds. The molecule has 0 bridgehead atoms. The molecule has 0 saturated heterocycles. The molecule has 0 aliphatic carbocycles. The largest absolute Gasteiger partial charge is 0.493 e. The molecule has 4 rings (SSSR count). The lowest BCUT2D eigenvalue weighted by Crippen LogP contribution is -2.02. The number of aromatic nitrogens is 4. The number of hydrogen-bond donors (Lipinski definition) is 1.